The van der Waals surface area contributed by atoms with E-state index in [1.807, 2.05) is 29.9 Å². The summed E-state index contributed by atoms with van der Waals surface area (Å²) in [4.78, 5) is 14.5. The number of piperazine rings is 1. The van der Waals surface area contributed by atoms with Crippen molar-refractivity contribution >= 4 is 22.3 Å². The lowest BCUT2D eigenvalue weighted by molar-refractivity contribution is 0.272. The van der Waals surface area contributed by atoms with Crippen LogP contribution in [0.1, 0.15) is 28.9 Å². The van der Waals surface area contributed by atoms with Crippen LogP contribution >= 0.6 is 0 Å². The van der Waals surface area contributed by atoms with Gasteiger partial charge in [0.05, 0.1) is 30.4 Å². The second-order valence-corrected chi connectivity index (χ2v) is 9.92. The number of aryl methyl sites for hydroxylation is 2. The normalized spacial score (nSPS) is 17.2. The Bertz CT molecular complexity index is 1480. The van der Waals surface area contributed by atoms with Crippen molar-refractivity contribution in [3.05, 3.63) is 77.2 Å². The van der Waals surface area contributed by atoms with Crippen molar-refractivity contribution in [2.45, 2.75) is 39.1 Å². The number of aromatic nitrogens is 3. The first-order valence-electron chi connectivity index (χ1n) is 12.8. The summed E-state index contributed by atoms with van der Waals surface area (Å²) in [5, 5.41) is 15.2. The molecule has 8 heteroatoms. The van der Waals surface area contributed by atoms with Crippen molar-refractivity contribution in [1.82, 2.24) is 19.9 Å². The van der Waals surface area contributed by atoms with E-state index < -0.39 is 0 Å². The number of hydrogen-bond acceptors (Lipinski definition) is 7. The summed E-state index contributed by atoms with van der Waals surface area (Å²) in [7, 11) is 2.01. The van der Waals surface area contributed by atoms with Crippen LogP contribution in [-0.4, -0.2) is 40.2 Å². The Labute approximate surface area is 217 Å². The molecule has 1 atom stereocenters. The van der Waals surface area contributed by atoms with Crippen molar-refractivity contribution in [1.29, 1.82) is 5.26 Å². The van der Waals surface area contributed by atoms with Crippen LogP contribution in [0.4, 0.5) is 11.5 Å². The van der Waals surface area contributed by atoms with Crippen molar-refractivity contribution in [2.24, 2.45) is 7.05 Å². The molecular weight excluding hydrogens is 462 g/mol. The molecule has 0 radical (unpaired) electrons. The fourth-order valence-electron chi connectivity index (χ4n) is 5.53. The number of nitrogens with one attached hydrogen (secondary N) is 1. The van der Waals surface area contributed by atoms with E-state index in [4.69, 9.17) is 14.7 Å². The lowest BCUT2D eigenvalue weighted by Crippen LogP contribution is -2.51. The average molecular weight is 494 g/mol. The summed E-state index contributed by atoms with van der Waals surface area (Å²) in [6, 6.07) is 19.8. The third-order valence-electron chi connectivity index (χ3n) is 7.46. The Hall–Kier alpha value is -4.09. The first kappa shape index (κ1) is 23.3. The number of nitrogens with zero attached hydrogens (tertiary/aromatic N) is 6. The number of fused-ring (bicyclic) bond motifs is 2. The molecular formula is C29H31N7O. The van der Waals surface area contributed by atoms with E-state index in [0.717, 1.165) is 48.9 Å². The number of hydrogen-bond donors (Lipinski definition) is 1. The molecule has 0 spiro atoms. The van der Waals surface area contributed by atoms with Crippen LogP contribution in [-0.2, 0) is 26.7 Å². The smallest absolute Gasteiger partial charge is 0.319 e. The van der Waals surface area contributed by atoms with Gasteiger partial charge in [-0.1, -0.05) is 30.3 Å². The fourth-order valence-corrected chi connectivity index (χ4v) is 5.53. The maximum absolute atomic E-state index is 9.26. The van der Waals surface area contributed by atoms with Gasteiger partial charge >= 0.3 is 6.01 Å². The van der Waals surface area contributed by atoms with Crippen molar-refractivity contribution in [3.8, 4) is 12.1 Å². The summed E-state index contributed by atoms with van der Waals surface area (Å²) in [6.45, 7) is 6.41. The molecule has 0 saturated carbocycles. The molecule has 1 unspecified atom stereocenters. The van der Waals surface area contributed by atoms with Gasteiger partial charge in [0.25, 0.3) is 0 Å². The minimum atomic E-state index is 0.121. The molecule has 0 aliphatic carbocycles. The van der Waals surface area contributed by atoms with Gasteiger partial charge in [-0.25, -0.2) is 0 Å². The second-order valence-electron chi connectivity index (χ2n) is 9.92. The lowest BCUT2D eigenvalue weighted by Gasteiger charge is -2.34. The van der Waals surface area contributed by atoms with E-state index >= 15 is 0 Å². The Balaban J connectivity index is 1.36. The molecule has 0 amide bonds. The number of nitriles is 1. The zero-order chi connectivity index (χ0) is 25.4. The highest BCUT2D eigenvalue weighted by Crippen LogP contribution is 2.38. The topological polar surface area (TPSA) is 82.2 Å². The molecule has 8 nitrogen and oxygen atoms in total. The zero-order valence-electron chi connectivity index (χ0n) is 21.3. The standard InChI is InChI=1S/C29H31N7O/c1-20-6-3-7-21-8-4-10-26(27(20)21)36-17-24-25(18-36)32-29(37-19-23-9-5-14-34(23)2)33-28(24)35-15-13-31-22(16-35)11-12-30/h3-10,14,22,31H,11,13,15-19H2,1-2H3. The first-order chi connectivity index (χ1) is 18.1. The Morgan fingerprint density at radius 3 is 2.76 bits per heavy atom. The molecule has 2 aromatic heterocycles. The van der Waals surface area contributed by atoms with Crippen LogP contribution in [0.25, 0.3) is 10.8 Å². The van der Waals surface area contributed by atoms with Gasteiger partial charge in [0.1, 0.15) is 12.4 Å². The largest absolute Gasteiger partial charge is 0.457 e. The Morgan fingerprint density at radius 2 is 1.95 bits per heavy atom. The van der Waals surface area contributed by atoms with Gasteiger partial charge in [0.15, 0.2) is 0 Å². The van der Waals surface area contributed by atoms with Gasteiger partial charge in [-0.3, -0.25) is 0 Å². The number of benzene rings is 2. The SMILES string of the molecule is Cc1cccc2cccc(N3Cc4nc(OCc5cccn5C)nc(N5CCNC(CC#N)C5)c4C3)c12. The average Bonchev–Trinajstić information content (AvgIpc) is 3.53. The minimum absolute atomic E-state index is 0.121. The number of ether oxygens (including phenoxy) is 1. The molecule has 1 fully saturated rings. The van der Waals surface area contributed by atoms with E-state index in [1.54, 1.807) is 0 Å². The summed E-state index contributed by atoms with van der Waals surface area (Å²) in [5.74, 6) is 0.927. The number of anilines is 2. The lowest BCUT2D eigenvalue weighted by atomic mass is 10.0. The van der Waals surface area contributed by atoms with Gasteiger partial charge in [-0.05, 0) is 36.1 Å². The monoisotopic (exact) mass is 493 g/mol. The van der Waals surface area contributed by atoms with E-state index in [-0.39, 0.29) is 6.04 Å². The highest BCUT2D eigenvalue weighted by atomic mass is 16.5. The van der Waals surface area contributed by atoms with E-state index in [0.29, 0.717) is 25.6 Å². The van der Waals surface area contributed by atoms with E-state index in [2.05, 4.69) is 64.5 Å². The molecule has 0 bridgehead atoms. The van der Waals surface area contributed by atoms with Crippen molar-refractivity contribution in [2.75, 3.05) is 29.4 Å². The molecule has 4 heterocycles. The van der Waals surface area contributed by atoms with Crippen LogP contribution in [0.2, 0.25) is 0 Å². The van der Waals surface area contributed by atoms with Crippen LogP contribution in [0.15, 0.2) is 54.7 Å². The molecule has 2 aliphatic rings. The van der Waals surface area contributed by atoms with Gasteiger partial charge in [-0.15, -0.1) is 0 Å². The molecule has 188 valence electrons. The minimum Gasteiger partial charge on any atom is -0.457 e. The predicted octanol–water partition coefficient (Wildman–Crippen LogP) is 4.07. The maximum atomic E-state index is 9.26. The Morgan fingerprint density at radius 1 is 1.08 bits per heavy atom. The summed E-state index contributed by atoms with van der Waals surface area (Å²) in [5.41, 5.74) is 5.70. The van der Waals surface area contributed by atoms with E-state index in [9.17, 15) is 5.26 Å². The first-order valence-corrected chi connectivity index (χ1v) is 12.8. The second kappa shape index (κ2) is 9.75. The molecule has 6 rings (SSSR count). The summed E-state index contributed by atoms with van der Waals surface area (Å²) < 4.78 is 8.18. The Kier molecular flexibility index (Phi) is 6.15. The quantitative estimate of drug-likeness (QED) is 0.434. The van der Waals surface area contributed by atoms with Crippen LogP contribution < -0.4 is 19.9 Å². The molecule has 1 N–H and O–H groups in total. The van der Waals surface area contributed by atoms with E-state index in [1.165, 1.54) is 22.0 Å². The van der Waals surface area contributed by atoms with Gasteiger partial charge in [0.2, 0.25) is 0 Å². The molecule has 2 aliphatic heterocycles. The molecule has 37 heavy (non-hydrogen) atoms. The van der Waals surface area contributed by atoms with Crippen LogP contribution in [0.5, 0.6) is 6.01 Å². The third-order valence-corrected chi connectivity index (χ3v) is 7.46. The predicted molar refractivity (Wildman–Crippen MR) is 145 cm³/mol. The number of rotatable bonds is 6. The molecule has 4 aromatic rings. The highest BCUT2D eigenvalue weighted by molar-refractivity contribution is 5.97. The maximum Gasteiger partial charge on any atom is 0.319 e. The highest BCUT2D eigenvalue weighted by Gasteiger charge is 2.31. The fraction of sp³-hybridized carbons (Fsp3) is 0.345. The summed E-state index contributed by atoms with van der Waals surface area (Å²) in [6.07, 6.45) is 2.48. The van der Waals surface area contributed by atoms with Crippen LogP contribution in [0.3, 0.4) is 0 Å². The van der Waals surface area contributed by atoms with Gasteiger partial charge in [0, 0.05) is 62.1 Å². The van der Waals surface area contributed by atoms with Crippen molar-refractivity contribution < 1.29 is 4.74 Å². The molecule has 1 saturated heterocycles. The van der Waals surface area contributed by atoms with Gasteiger partial charge < -0.3 is 24.4 Å². The van der Waals surface area contributed by atoms with Gasteiger partial charge in [-0.2, -0.15) is 15.2 Å². The van der Waals surface area contributed by atoms with Crippen LogP contribution in [0, 0.1) is 18.3 Å². The third kappa shape index (κ3) is 4.47. The molecule has 2 aromatic carbocycles. The van der Waals surface area contributed by atoms with Crippen molar-refractivity contribution in [3.63, 3.8) is 0 Å². The zero-order valence-corrected chi connectivity index (χ0v) is 21.3. The summed E-state index contributed by atoms with van der Waals surface area (Å²) >= 11 is 0.